The Balaban J connectivity index is 0.919. The summed E-state index contributed by atoms with van der Waals surface area (Å²) < 4.78 is 0. The SMILES string of the molecule is CN(C(=O)Cc1cc(N2CCN(CC3CCN(c4ccc(C(=O)NC5CCCCC5)nn4)CC3)CC2)ccn1)C1CCC(=O)NC1=O. The zero-order valence-electron chi connectivity index (χ0n) is 27.4. The zero-order valence-corrected chi connectivity index (χ0v) is 27.4. The number of aromatic nitrogens is 3. The van der Waals surface area contributed by atoms with Crippen molar-refractivity contribution in [1.29, 1.82) is 0 Å². The van der Waals surface area contributed by atoms with Gasteiger partial charge in [0.25, 0.3) is 5.91 Å². The third-order valence-corrected chi connectivity index (χ3v) is 10.2. The van der Waals surface area contributed by atoms with E-state index in [0.717, 1.165) is 83.0 Å². The van der Waals surface area contributed by atoms with Crippen molar-refractivity contribution in [2.75, 3.05) is 62.7 Å². The first-order chi connectivity index (χ1) is 22.8. The van der Waals surface area contributed by atoms with Gasteiger partial charge in [0.1, 0.15) is 6.04 Å². The summed E-state index contributed by atoms with van der Waals surface area (Å²) in [7, 11) is 1.61. The van der Waals surface area contributed by atoms with E-state index in [0.29, 0.717) is 23.7 Å². The minimum Gasteiger partial charge on any atom is -0.369 e. The summed E-state index contributed by atoms with van der Waals surface area (Å²) in [4.78, 5) is 62.2. The largest absolute Gasteiger partial charge is 0.369 e. The molecule has 0 radical (unpaired) electrons. The normalized spacial score (nSPS) is 21.8. The second-order valence-corrected chi connectivity index (χ2v) is 13.5. The van der Waals surface area contributed by atoms with Gasteiger partial charge in [-0.2, -0.15) is 0 Å². The summed E-state index contributed by atoms with van der Waals surface area (Å²) in [6, 6.07) is 7.32. The highest BCUT2D eigenvalue weighted by Gasteiger charge is 2.32. The van der Waals surface area contributed by atoms with Crippen molar-refractivity contribution in [3.8, 4) is 0 Å². The lowest BCUT2D eigenvalue weighted by Gasteiger charge is -2.39. The lowest BCUT2D eigenvalue weighted by atomic mass is 9.95. The van der Waals surface area contributed by atoms with Gasteiger partial charge in [0.15, 0.2) is 11.5 Å². The molecule has 3 saturated heterocycles. The molecule has 0 aromatic carbocycles. The Morgan fingerprint density at radius 3 is 2.38 bits per heavy atom. The number of nitrogens with one attached hydrogen (secondary N) is 2. The smallest absolute Gasteiger partial charge is 0.272 e. The predicted octanol–water partition coefficient (Wildman–Crippen LogP) is 1.78. The second kappa shape index (κ2) is 15.2. The molecule has 13 heteroatoms. The summed E-state index contributed by atoms with van der Waals surface area (Å²) in [5, 5.41) is 14.1. The number of rotatable bonds is 9. The van der Waals surface area contributed by atoms with Gasteiger partial charge in [-0.1, -0.05) is 19.3 Å². The minimum atomic E-state index is -0.630. The highest BCUT2D eigenvalue weighted by atomic mass is 16.2. The standard InChI is InChI=1S/C34H47N9O4/c1-40(29-8-10-31(44)37-34(29)47)32(45)22-26-21-27(11-14-35-26)42-19-17-41(18-20-42)23-24-12-15-43(16-13-24)30-9-7-28(38-39-30)33(46)36-25-5-3-2-4-6-25/h7,9,11,14,21,24-25,29H,2-6,8,10,12-13,15-20,22-23H2,1H3,(H,36,46)(H,37,44,47). The molecule has 1 saturated carbocycles. The molecular formula is C34H47N9O4. The Bertz CT molecular complexity index is 1410. The van der Waals surface area contributed by atoms with E-state index in [2.05, 4.69) is 40.5 Å². The van der Waals surface area contributed by atoms with Crippen molar-refractivity contribution in [3.63, 3.8) is 0 Å². The molecule has 1 atom stereocenters. The van der Waals surface area contributed by atoms with E-state index in [1.54, 1.807) is 19.3 Å². The molecular weight excluding hydrogens is 598 g/mol. The lowest BCUT2D eigenvalue weighted by Crippen LogP contribution is -2.53. The van der Waals surface area contributed by atoms with Crippen LogP contribution in [0.2, 0.25) is 0 Å². The number of piperidine rings is 2. The number of nitrogens with zero attached hydrogens (tertiary/aromatic N) is 7. The Hall–Kier alpha value is -4.13. The van der Waals surface area contributed by atoms with Gasteiger partial charge in [0.2, 0.25) is 17.7 Å². The Kier molecular flexibility index (Phi) is 10.6. The molecule has 4 aliphatic rings. The number of amides is 4. The van der Waals surface area contributed by atoms with Gasteiger partial charge in [-0.25, -0.2) is 0 Å². The fourth-order valence-electron chi connectivity index (χ4n) is 7.28. The van der Waals surface area contributed by atoms with E-state index >= 15 is 0 Å². The van der Waals surface area contributed by atoms with Crippen LogP contribution in [-0.4, -0.2) is 114 Å². The predicted molar refractivity (Wildman–Crippen MR) is 177 cm³/mol. The van der Waals surface area contributed by atoms with Crippen LogP contribution in [0.15, 0.2) is 30.5 Å². The van der Waals surface area contributed by atoms with E-state index in [1.165, 1.54) is 24.2 Å². The van der Waals surface area contributed by atoms with Gasteiger partial charge in [-0.3, -0.25) is 34.4 Å². The average Bonchev–Trinajstić information content (AvgIpc) is 3.09. The van der Waals surface area contributed by atoms with Crippen LogP contribution in [0.5, 0.6) is 0 Å². The van der Waals surface area contributed by atoms with Gasteiger partial charge in [0.05, 0.1) is 12.1 Å². The lowest BCUT2D eigenvalue weighted by molar-refractivity contribution is -0.144. The van der Waals surface area contributed by atoms with Crippen LogP contribution >= 0.6 is 0 Å². The number of imide groups is 1. The van der Waals surface area contributed by atoms with Crippen LogP contribution in [0.4, 0.5) is 11.5 Å². The third-order valence-electron chi connectivity index (χ3n) is 10.2. The molecule has 2 N–H and O–H groups in total. The highest BCUT2D eigenvalue weighted by molar-refractivity contribution is 6.01. The fourth-order valence-corrected chi connectivity index (χ4v) is 7.28. The molecule has 2 aromatic rings. The van der Waals surface area contributed by atoms with E-state index < -0.39 is 11.9 Å². The maximum absolute atomic E-state index is 12.9. The topological polar surface area (TPSA) is 144 Å². The van der Waals surface area contributed by atoms with Crippen molar-refractivity contribution >= 4 is 35.1 Å². The van der Waals surface area contributed by atoms with Crippen LogP contribution in [0.3, 0.4) is 0 Å². The summed E-state index contributed by atoms with van der Waals surface area (Å²) in [6.45, 7) is 6.71. The van der Waals surface area contributed by atoms with E-state index in [-0.39, 0.29) is 36.6 Å². The number of hydrogen-bond donors (Lipinski definition) is 2. The zero-order chi connectivity index (χ0) is 32.8. The van der Waals surface area contributed by atoms with Crippen molar-refractivity contribution in [1.82, 2.24) is 35.6 Å². The molecule has 0 spiro atoms. The second-order valence-electron chi connectivity index (χ2n) is 13.5. The first-order valence-corrected chi connectivity index (χ1v) is 17.2. The monoisotopic (exact) mass is 645 g/mol. The van der Waals surface area contributed by atoms with E-state index in [9.17, 15) is 19.2 Å². The van der Waals surface area contributed by atoms with E-state index in [1.807, 2.05) is 18.2 Å². The van der Waals surface area contributed by atoms with Crippen LogP contribution in [0.1, 0.15) is 74.0 Å². The molecule has 0 bridgehead atoms. The number of carbonyl (C=O) groups excluding carboxylic acids is 4. The quantitative estimate of drug-likeness (QED) is 0.388. The van der Waals surface area contributed by atoms with Gasteiger partial charge < -0.3 is 20.0 Å². The fraction of sp³-hybridized carbons (Fsp3) is 0.618. The molecule has 252 valence electrons. The molecule has 6 rings (SSSR count). The van der Waals surface area contributed by atoms with Gasteiger partial charge in [-0.05, 0) is 62.3 Å². The molecule has 13 nitrogen and oxygen atoms in total. The van der Waals surface area contributed by atoms with E-state index in [4.69, 9.17) is 0 Å². The molecule has 47 heavy (non-hydrogen) atoms. The highest BCUT2D eigenvalue weighted by Crippen LogP contribution is 2.24. The first kappa shape index (κ1) is 32.8. The number of pyridine rings is 1. The third kappa shape index (κ3) is 8.43. The number of piperazine rings is 1. The Morgan fingerprint density at radius 1 is 0.915 bits per heavy atom. The van der Waals surface area contributed by atoms with Crippen LogP contribution in [0, 0.1) is 5.92 Å². The molecule has 3 aliphatic heterocycles. The van der Waals surface area contributed by atoms with Crippen molar-refractivity contribution in [2.45, 2.75) is 76.3 Å². The summed E-state index contributed by atoms with van der Waals surface area (Å²) >= 11 is 0. The van der Waals surface area contributed by atoms with Gasteiger partial charge in [-0.15, -0.1) is 10.2 Å². The Morgan fingerprint density at radius 2 is 1.68 bits per heavy atom. The molecule has 1 unspecified atom stereocenters. The van der Waals surface area contributed by atoms with Crippen LogP contribution in [0.25, 0.3) is 0 Å². The number of anilines is 2. The molecule has 4 amide bonds. The minimum absolute atomic E-state index is 0.103. The molecule has 5 heterocycles. The number of carbonyl (C=O) groups is 4. The van der Waals surface area contributed by atoms with Gasteiger partial charge >= 0.3 is 0 Å². The number of likely N-dealkylation sites (N-methyl/N-ethyl adjacent to an activating group) is 1. The van der Waals surface area contributed by atoms with Crippen LogP contribution < -0.4 is 20.4 Å². The van der Waals surface area contributed by atoms with Crippen molar-refractivity contribution in [3.05, 3.63) is 41.9 Å². The Labute approximate surface area is 276 Å². The maximum atomic E-state index is 12.9. The molecule has 4 fully saturated rings. The summed E-state index contributed by atoms with van der Waals surface area (Å²) in [6.07, 6.45) is 10.3. The summed E-state index contributed by atoms with van der Waals surface area (Å²) in [5.74, 6) is 0.443. The van der Waals surface area contributed by atoms with Gasteiger partial charge in [0, 0.05) is 77.2 Å². The maximum Gasteiger partial charge on any atom is 0.272 e. The first-order valence-electron chi connectivity index (χ1n) is 17.2. The number of hydrogen-bond acceptors (Lipinski definition) is 10. The summed E-state index contributed by atoms with van der Waals surface area (Å²) in [5.41, 5.74) is 2.11. The molecule has 1 aliphatic carbocycles. The van der Waals surface area contributed by atoms with Crippen molar-refractivity contribution in [2.24, 2.45) is 5.92 Å². The average molecular weight is 646 g/mol. The van der Waals surface area contributed by atoms with Crippen molar-refractivity contribution < 1.29 is 19.2 Å². The van der Waals surface area contributed by atoms with Crippen LogP contribution in [-0.2, 0) is 20.8 Å². The molecule has 2 aromatic heterocycles.